The predicted molar refractivity (Wildman–Crippen MR) is 124 cm³/mol. The first-order valence-corrected chi connectivity index (χ1v) is 11.9. The summed E-state index contributed by atoms with van der Waals surface area (Å²) in [5, 5.41) is 0. The van der Waals surface area contributed by atoms with Crippen LogP contribution in [-0.2, 0) is 14.8 Å². The fraction of sp³-hybridized carbons (Fsp3) is 0.240. The monoisotopic (exact) mass is 450 g/mol. The van der Waals surface area contributed by atoms with E-state index in [1.807, 2.05) is 43.3 Å². The zero-order valence-corrected chi connectivity index (χ0v) is 18.9. The van der Waals surface area contributed by atoms with Crippen molar-refractivity contribution in [3.05, 3.63) is 96.1 Å². The van der Waals surface area contributed by atoms with Gasteiger partial charge >= 0.3 is 0 Å². The van der Waals surface area contributed by atoms with Gasteiger partial charge in [-0.25, -0.2) is 8.42 Å². The molecule has 1 amide bonds. The summed E-state index contributed by atoms with van der Waals surface area (Å²) in [5.74, 6) is -0.138. The largest absolute Gasteiger partial charge is 0.367 e. The molecule has 3 aromatic rings. The highest BCUT2D eigenvalue weighted by atomic mass is 32.2. The molecule has 0 radical (unpaired) electrons. The highest BCUT2D eigenvalue weighted by Gasteiger charge is 2.30. The van der Waals surface area contributed by atoms with E-state index < -0.39 is 10.0 Å². The Labute approximate surface area is 189 Å². The molecular weight excluding hydrogens is 424 g/mol. The van der Waals surface area contributed by atoms with Gasteiger partial charge in [-0.1, -0.05) is 48.5 Å². The molecule has 0 spiro atoms. The Morgan fingerprint density at radius 2 is 1.50 bits per heavy atom. The molecule has 0 bridgehead atoms. The number of benzene rings is 3. The van der Waals surface area contributed by atoms with Crippen LogP contribution >= 0.6 is 0 Å². The summed E-state index contributed by atoms with van der Waals surface area (Å²) in [6.07, 6.45) is -0.292. The summed E-state index contributed by atoms with van der Waals surface area (Å²) in [4.78, 5) is 15.1. The van der Waals surface area contributed by atoms with E-state index in [2.05, 4.69) is 0 Å². The fourth-order valence-electron chi connectivity index (χ4n) is 3.86. The summed E-state index contributed by atoms with van der Waals surface area (Å²) < 4.78 is 33.2. The minimum absolute atomic E-state index is 0.0999. The lowest BCUT2D eigenvalue weighted by Crippen LogP contribution is -2.46. The maximum Gasteiger partial charge on any atom is 0.264 e. The van der Waals surface area contributed by atoms with Crippen molar-refractivity contribution in [1.82, 2.24) is 4.90 Å². The third-order valence-corrected chi connectivity index (χ3v) is 7.40. The Hall–Kier alpha value is -3.16. The Morgan fingerprint density at radius 1 is 0.906 bits per heavy atom. The van der Waals surface area contributed by atoms with Crippen molar-refractivity contribution in [2.45, 2.75) is 24.0 Å². The van der Waals surface area contributed by atoms with Crippen LogP contribution in [0.3, 0.4) is 0 Å². The second kappa shape index (κ2) is 9.14. The number of nitrogens with zero attached hydrogens (tertiary/aromatic N) is 2. The lowest BCUT2D eigenvalue weighted by atomic mass is 10.1. The zero-order chi connectivity index (χ0) is 22.7. The van der Waals surface area contributed by atoms with Crippen LogP contribution in [0.15, 0.2) is 89.8 Å². The highest BCUT2D eigenvalue weighted by molar-refractivity contribution is 7.92. The summed E-state index contributed by atoms with van der Waals surface area (Å²) in [7, 11) is -2.21. The smallest absolute Gasteiger partial charge is 0.264 e. The highest BCUT2D eigenvalue weighted by Crippen LogP contribution is 2.27. The van der Waals surface area contributed by atoms with Crippen molar-refractivity contribution in [3.8, 4) is 0 Å². The molecule has 2 atom stereocenters. The number of hydrogen-bond acceptors (Lipinski definition) is 4. The number of rotatable bonds is 5. The second-order valence-electron chi connectivity index (χ2n) is 7.89. The molecule has 6 nitrogen and oxygen atoms in total. The number of para-hydroxylation sites is 1. The molecule has 7 heteroatoms. The van der Waals surface area contributed by atoms with Crippen LogP contribution in [0, 0.1) is 0 Å². The maximum atomic E-state index is 13.1. The number of carbonyl (C=O) groups is 1. The summed E-state index contributed by atoms with van der Waals surface area (Å²) >= 11 is 0. The first-order chi connectivity index (χ1) is 15.4. The molecule has 1 heterocycles. The van der Waals surface area contributed by atoms with E-state index in [0.717, 1.165) is 5.56 Å². The SMILES string of the molecule is C[C@H]1CN(C(=O)c2ccc(S(=O)(=O)N(C)c3ccccc3)cc2)C[C@@H](c2ccccc2)O1. The fourth-order valence-corrected chi connectivity index (χ4v) is 5.05. The van der Waals surface area contributed by atoms with Crippen molar-refractivity contribution < 1.29 is 17.9 Å². The van der Waals surface area contributed by atoms with Crippen LogP contribution in [0.1, 0.15) is 28.9 Å². The minimum Gasteiger partial charge on any atom is -0.367 e. The van der Waals surface area contributed by atoms with Gasteiger partial charge in [0.2, 0.25) is 0 Å². The van der Waals surface area contributed by atoms with Gasteiger partial charge in [-0.3, -0.25) is 9.10 Å². The van der Waals surface area contributed by atoms with Crippen LogP contribution < -0.4 is 4.31 Å². The minimum atomic E-state index is -3.72. The van der Waals surface area contributed by atoms with Crippen LogP contribution in [-0.4, -0.2) is 45.5 Å². The van der Waals surface area contributed by atoms with Gasteiger partial charge in [0.1, 0.15) is 6.10 Å². The molecule has 0 aliphatic carbocycles. The Morgan fingerprint density at radius 3 is 2.12 bits per heavy atom. The van der Waals surface area contributed by atoms with Crippen LogP contribution in [0.4, 0.5) is 5.69 Å². The van der Waals surface area contributed by atoms with Gasteiger partial charge in [0.15, 0.2) is 0 Å². The van der Waals surface area contributed by atoms with Gasteiger partial charge in [-0.15, -0.1) is 0 Å². The molecule has 1 fully saturated rings. The van der Waals surface area contributed by atoms with E-state index in [1.165, 1.54) is 23.5 Å². The Balaban J connectivity index is 1.51. The second-order valence-corrected chi connectivity index (χ2v) is 9.86. The van der Waals surface area contributed by atoms with Crippen LogP contribution in [0.2, 0.25) is 0 Å². The molecule has 0 saturated carbocycles. The average Bonchev–Trinajstić information content (AvgIpc) is 2.84. The zero-order valence-electron chi connectivity index (χ0n) is 18.1. The van der Waals surface area contributed by atoms with Crippen molar-refractivity contribution in [3.63, 3.8) is 0 Å². The summed E-state index contributed by atoms with van der Waals surface area (Å²) in [6.45, 7) is 2.88. The van der Waals surface area contributed by atoms with Gasteiger partial charge in [-0.2, -0.15) is 0 Å². The quantitative estimate of drug-likeness (QED) is 0.587. The van der Waals surface area contributed by atoms with Crippen molar-refractivity contribution in [2.75, 3.05) is 24.4 Å². The first kappa shape index (κ1) is 22.0. The third kappa shape index (κ3) is 4.54. The lowest BCUT2D eigenvalue weighted by molar-refractivity contribution is -0.0691. The molecule has 3 aromatic carbocycles. The van der Waals surface area contributed by atoms with Crippen molar-refractivity contribution in [2.24, 2.45) is 0 Å². The van der Waals surface area contributed by atoms with E-state index in [0.29, 0.717) is 24.3 Å². The molecule has 32 heavy (non-hydrogen) atoms. The molecule has 1 saturated heterocycles. The van der Waals surface area contributed by atoms with E-state index in [1.54, 1.807) is 41.3 Å². The van der Waals surface area contributed by atoms with Gasteiger partial charge in [-0.05, 0) is 48.9 Å². The number of sulfonamides is 1. The topological polar surface area (TPSA) is 66.9 Å². The maximum absolute atomic E-state index is 13.1. The number of amides is 1. The normalized spacial score (nSPS) is 18.9. The number of morpholine rings is 1. The molecular formula is C25H26N2O4S. The number of anilines is 1. The number of ether oxygens (including phenoxy) is 1. The van der Waals surface area contributed by atoms with E-state index in [-0.39, 0.29) is 23.0 Å². The molecule has 166 valence electrons. The van der Waals surface area contributed by atoms with Gasteiger partial charge in [0.25, 0.3) is 15.9 Å². The average molecular weight is 451 g/mol. The number of carbonyl (C=O) groups excluding carboxylic acids is 1. The molecule has 1 aliphatic rings. The van der Waals surface area contributed by atoms with Gasteiger partial charge in [0, 0.05) is 19.2 Å². The molecule has 0 N–H and O–H groups in total. The summed E-state index contributed by atoms with van der Waals surface area (Å²) in [5.41, 5.74) is 2.05. The molecule has 4 rings (SSSR count). The standard InChI is InChI=1S/C25H26N2O4S/c1-19-17-27(18-24(31-19)20-9-5-3-6-10-20)25(28)21-13-15-23(16-14-21)32(29,30)26(2)22-11-7-4-8-12-22/h3-16,19,24H,17-18H2,1-2H3/t19-,24-/m0/s1. The number of hydrogen-bond donors (Lipinski definition) is 0. The van der Waals surface area contributed by atoms with Gasteiger partial charge < -0.3 is 9.64 Å². The van der Waals surface area contributed by atoms with Crippen LogP contribution in [0.25, 0.3) is 0 Å². The lowest BCUT2D eigenvalue weighted by Gasteiger charge is -2.37. The van der Waals surface area contributed by atoms with E-state index >= 15 is 0 Å². The first-order valence-electron chi connectivity index (χ1n) is 10.5. The van der Waals surface area contributed by atoms with Gasteiger partial charge in [0.05, 0.1) is 23.2 Å². The third-order valence-electron chi connectivity index (χ3n) is 5.60. The molecule has 0 aromatic heterocycles. The predicted octanol–water partition coefficient (Wildman–Crippen LogP) is 4.11. The molecule has 0 unspecified atom stereocenters. The van der Waals surface area contributed by atoms with Crippen molar-refractivity contribution >= 4 is 21.6 Å². The summed E-state index contributed by atoms with van der Waals surface area (Å²) in [6, 6.07) is 24.8. The van der Waals surface area contributed by atoms with Crippen LogP contribution in [0.5, 0.6) is 0 Å². The Kier molecular flexibility index (Phi) is 6.30. The van der Waals surface area contributed by atoms with E-state index in [4.69, 9.17) is 4.74 Å². The molecule has 1 aliphatic heterocycles. The van der Waals surface area contributed by atoms with E-state index in [9.17, 15) is 13.2 Å². The Bertz CT molecular complexity index is 1170. The van der Waals surface area contributed by atoms with Crippen molar-refractivity contribution in [1.29, 1.82) is 0 Å².